The predicted molar refractivity (Wildman–Crippen MR) is 67.9 cm³/mol. The molecule has 0 fully saturated rings. The van der Waals surface area contributed by atoms with Crippen molar-refractivity contribution in [2.24, 2.45) is 11.8 Å². The predicted octanol–water partition coefficient (Wildman–Crippen LogP) is 3.21. The number of aliphatic carboxylic acids is 1. The maximum Gasteiger partial charge on any atom is 0.307 e. The highest BCUT2D eigenvalue weighted by atomic mass is 19.1. The number of carboxylic acid groups (broad SMARTS) is 1. The zero-order chi connectivity index (χ0) is 13.3. The van der Waals surface area contributed by atoms with E-state index < -0.39 is 11.9 Å². The Morgan fingerprint density at radius 2 is 2.17 bits per heavy atom. The van der Waals surface area contributed by atoms with Crippen LogP contribution in [0.3, 0.4) is 0 Å². The van der Waals surface area contributed by atoms with Crippen LogP contribution < -0.4 is 0 Å². The lowest BCUT2D eigenvalue weighted by Gasteiger charge is -2.15. The highest BCUT2D eigenvalue weighted by molar-refractivity contribution is 5.84. The molecule has 1 atom stereocenters. The summed E-state index contributed by atoms with van der Waals surface area (Å²) < 4.78 is 13.1. The average Bonchev–Trinajstić information content (AvgIpc) is 2.67. The Labute approximate surface area is 105 Å². The van der Waals surface area contributed by atoms with Crippen LogP contribution in [0.1, 0.15) is 19.4 Å². The van der Waals surface area contributed by atoms with Crippen LogP contribution in [-0.2, 0) is 11.2 Å². The summed E-state index contributed by atoms with van der Waals surface area (Å²) in [5.41, 5.74) is 1.63. The molecule has 1 heterocycles. The van der Waals surface area contributed by atoms with Gasteiger partial charge in [-0.3, -0.25) is 4.79 Å². The topological polar surface area (TPSA) is 53.1 Å². The molecule has 3 nitrogen and oxygen atoms in total. The number of benzene rings is 1. The largest absolute Gasteiger partial charge is 0.481 e. The normalized spacial score (nSPS) is 13.1. The molecule has 0 saturated heterocycles. The van der Waals surface area contributed by atoms with Gasteiger partial charge in [0.2, 0.25) is 0 Å². The number of aromatic nitrogens is 1. The summed E-state index contributed by atoms with van der Waals surface area (Å²) >= 11 is 0. The lowest BCUT2D eigenvalue weighted by molar-refractivity contribution is -0.143. The van der Waals surface area contributed by atoms with E-state index in [1.165, 1.54) is 12.1 Å². The number of carboxylic acids is 1. The number of halogens is 1. The van der Waals surface area contributed by atoms with Gasteiger partial charge < -0.3 is 10.1 Å². The molecule has 0 saturated carbocycles. The van der Waals surface area contributed by atoms with Gasteiger partial charge in [0.15, 0.2) is 0 Å². The van der Waals surface area contributed by atoms with E-state index >= 15 is 0 Å². The van der Waals surface area contributed by atoms with Crippen molar-refractivity contribution in [3.8, 4) is 0 Å². The Kier molecular flexibility index (Phi) is 3.36. The Bertz CT molecular complexity index is 574. The fraction of sp³-hybridized carbons (Fsp3) is 0.357. The standard InChI is InChI=1S/C14H16FNO2/c1-8(2)12(14(17)18)5-9-7-16-13-6-10(15)3-4-11(9)13/h3-4,6-8,12,16H,5H2,1-2H3,(H,17,18). The second-order valence-corrected chi connectivity index (χ2v) is 4.90. The molecule has 0 bridgehead atoms. The van der Waals surface area contributed by atoms with Crippen LogP contribution >= 0.6 is 0 Å². The van der Waals surface area contributed by atoms with Crippen LogP contribution in [0.2, 0.25) is 0 Å². The van der Waals surface area contributed by atoms with Gasteiger partial charge in [0, 0.05) is 17.1 Å². The first-order valence-electron chi connectivity index (χ1n) is 5.97. The average molecular weight is 249 g/mol. The van der Waals surface area contributed by atoms with E-state index in [-0.39, 0.29) is 11.7 Å². The first-order valence-corrected chi connectivity index (χ1v) is 5.97. The Morgan fingerprint density at radius 1 is 1.44 bits per heavy atom. The first kappa shape index (κ1) is 12.6. The summed E-state index contributed by atoms with van der Waals surface area (Å²) in [6.45, 7) is 3.79. The highest BCUT2D eigenvalue weighted by Gasteiger charge is 2.23. The van der Waals surface area contributed by atoms with Crippen molar-refractivity contribution in [3.63, 3.8) is 0 Å². The van der Waals surface area contributed by atoms with Gasteiger partial charge in [-0.15, -0.1) is 0 Å². The van der Waals surface area contributed by atoms with Crippen molar-refractivity contribution in [1.82, 2.24) is 4.98 Å². The van der Waals surface area contributed by atoms with Gasteiger partial charge in [0.1, 0.15) is 5.82 Å². The fourth-order valence-electron chi connectivity index (χ4n) is 2.17. The fourth-order valence-corrected chi connectivity index (χ4v) is 2.17. The minimum absolute atomic E-state index is 0.0629. The number of nitrogens with one attached hydrogen (secondary N) is 1. The zero-order valence-corrected chi connectivity index (χ0v) is 10.4. The Hall–Kier alpha value is -1.84. The molecule has 1 aromatic carbocycles. The smallest absolute Gasteiger partial charge is 0.307 e. The van der Waals surface area contributed by atoms with Gasteiger partial charge in [-0.2, -0.15) is 0 Å². The maximum absolute atomic E-state index is 13.1. The first-order chi connectivity index (χ1) is 8.49. The maximum atomic E-state index is 13.1. The number of H-pyrrole nitrogens is 1. The molecule has 2 aromatic rings. The summed E-state index contributed by atoms with van der Waals surface area (Å²) in [4.78, 5) is 14.2. The van der Waals surface area contributed by atoms with E-state index in [0.29, 0.717) is 11.9 Å². The molecule has 0 radical (unpaired) electrons. The van der Waals surface area contributed by atoms with Crippen LogP contribution in [0, 0.1) is 17.7 Å². The summed E-state index contributed by atoms with van der Waals surface area (Å²) in [6.07, 6.45) is 2.22. The SMILES string of the molecule is CC(C)C(Cc1c[nH]c2cc(F)ccc12)C(=O)O. The van der Waals surface area contributed by atoms with Crippen molar-refractivity contribution in [1.29, 1.82) is 0 Å². The van der Waals surface area contributed by atoms with E-state index in [1.54, 1.807) is 12.3 Å². The summed E-state index contributed by atoms with van der Waals surface area (Å²) in [5, 5.41) is 10.1. The molecule has 1 aromatic heterocycles. The molecular formula is C14H16FNO2. The zero-order valence-electron chi connectivity index (χ0n) is 10.4. The van der Waals surface area contributed by atoms with Gasteiger partial charge >= 0.3 is 5.97 Å². The van der Waals surface area contributed by atoms with Crippen molar-refractivity contribution in [2.45, 2.75) is 20.3 Å². The number of carbonyl (C=O) groups is 1. The van der Waals surface area contributed by atoms with Crippen LogP contribution in [0.15, 0.2) is 24.4 Å². The van der Waals surface area contributed by atoms with Crippen LogP contribution in [0.5, 0.6) is 0 Å². The van der Waals surface area contributed by atoms with Crippen LogP contribution in [0.4, 0.5) is 4.39 Å². The van der Waals surface area contributed by atoms with Gasteiger partial charge in [-0.05, 0) is 36.1 Å². The number of fused-ring (bicyclic) bond motifs is 1. The monoisotopic (exact) mass is 249 g/mol. The molecule has 2 N–H and O–H groups in total. The summed E-state index contributed by atoms with van der Waals surface area (Å²) in [6, 6.07) is 4.50. The van der Waals surface area contributed by atoms with Crippen molar-refractivity contribution in [2.75, 3.05) is 0 Å². The van der Waals surface area contributed by atoms with Crippen molar-refractivity contribution >= 4 is 16.9 Å². The molecular weight excluding hydrogens is 233 g/mol. The highest BCUT2D eigenvalue weighted by Crippen LogP contribution is 2.24. The van der Waals surface area contributed by atoms with Gasteiger partial charge in [-0.25, -0.2) is 4.39 Å². The van der Waals surface area contributed by atoms with Gasteiger partial charge in [0.25, 0.3) is 0 Å². The second kappa shape index (κ2) is 4.80. The quantitative estimate of drug-likeness (QED) is 0.874. The third-order valence-electron chi connectivity index (χ3n) is 3.29. The third kappa shape index (κ3) is 2.37. The van der Waals surface area contributed by atoms with E-state index in [9.17, 15) is 14.3 Å². The number of aromatic amines is 1. The molecule has 4 heteroatoms. The van der Waals surface area contributed by atoms with E-state index in [4.69, 9.17) is 0 Å². The Balaban J connectivity index is 2.34. The molecule has 18 heavy (non-hydrogen) atoms. The number of hydrogen-bond donors (Lipinski definition) is 2. The third-order valence-corrected chi connectivity index (χ3v) is 3.29. The molecule has 0 aliphatic heterocycles. The van der Waals surface area contributed by atoms with Crippen molar-refractivity contribution < 1.29 is 14.3 Å². The van der Waals surface area contributed by atoms with E-state index in [2.05, 4.69) is 4.98 Å². The second-order valence-electron chi connectivity index (χ2n) is 4.90. The summed E-state index contributed by atoms with van der Waals surface area (Å²) in [5.74, 6) is -1.45. The number of hydrogen-bond acceptors (Lipinski definition) is 1. The van der Waals surface area contributed by atoms with Crippen LogP contribution in [-0.4, -0.2) is 16.1 Å². The molecule has 2 rings (SSSR count). The Morgan fingerprint density at radius 3 is 2.78 bits per heavy atom. The van der Waals surface area contributed by atoms with E-state index in [0.717, 1.165) is 10.9 Å². The minimum atomic E-state index is -0.790. The summed E-state index contributed by atoms with van der Waals surface area (Å²) in [7, 11) is 0. The molecule has 0 amide bonds. The molecule has 0 aliphatic rings. The number of rotatable bonds is 4. The lowest BCUT2D eigenvalue weighted by atomic mass is 9.89. The molecule has 96 valence electrons. The van der Waals surface area contributed by atoms with Crippen molar-refractivity contribution in [3.05, 3.63) is 35.8 Å². The van der Waals surface area contributed by atoms with Crippen LogP contribution in [0.25, 0.3) is 10.9 Å². The van der Waals surface area contributed by atoms with Gasteiger partial charge in [0.05, 0.1) is 5.92 Å². The van der Waals surface area contributed by atoms with Gasteiger partial charge in [-0.1, -0.05) is 13.8 Å². The molecule has 1 unspecified atom stereocenters. The minimum Gasteiger partial charge on any atom is -0.481 e. The molecule has 0 spiro atoms. The lowest BCUT2D eigenvalue weighted by Crippen LogP contribution is -2.21. The van der Waals surface area contributed by atoms with E-state index in [1.807, 2.05) is 13.8 Å². The molecule has 0 aliphatic carbocycles.